The number of hydrogen-bond acceptors (Lipinski definition) is 0. The number of rotatable bonds is 6. The first kappa shape index (κ1) is 12.5. The standard InChI is InChI=1S/C11H23Br/c1-9(2)7-11(5-6-12)8-10(3)4/h9-11H,5-8H2,1-4H3. The molecule has 0 unspecified atom stereocenters. The Labute approximate surface area is 86.3 Å². The third-order valence-electron chi connectivity index (χ3n) is 2.13. The maximum absolute atomic E-state index is 3.53. The highest BCUT2D eigenvalue weighted by Crippen LogP contribution is 2.23. The zero-order valence-corrected chi connectivity index (χ0v) is 10.5. The number of hydrogen-bond donors (Lipinski definition) is 0. The van der Waals surface area contributed by atoms with Gasteiger partial charge >= 0.3 is 0 Å². The summed E-state index contributed by atoms with van der Waals surface area (Å²) in [5.41, 5.74) is 0. The van der Waals surface area contributed by atoms with Gasteiger partial charge in [0.15, 0.2) is 0 Å². The maximum atomic E-state index is 3.53. The monoisotopic (exact) mass is 234 g/mol. The second-order valence-corrected chi connectivity index (χ2v) is 5.40. The molecule has 0 amide bonds. The molecule has 0 saturated heterocycles. The molecule has 0 aromatic heterocycles. The fourth-order valence-corrected chi connectivity index (χ4v) is 2.47. The Balaban J connectivity index is 3.69. The molecule has 74 valence electrons. The van der Waals surface area contributed by atoms with Gasteiger partial charge in [0.1, 0.15) is 0 Å². The van der Waals surface area contributed by atoms with Crippen molar-refractivity contribution >= 4 is 15.9 Å². The molecule has 0 spiro atoms. The third kappa shape index (κ3) is 7.15. The Morgan fingerprint density at radius 2 is 1.33 bits per heavy atom. The fourth-order valence-electron chi connectivity index (χ4n) is 1.82. The van der Waals surface area contributed by atoms with Gasteiger partial charge in [0.25, 0.3) is 0 Å². The lowest BCUT2D eigenvalue weighted by Crippen LogP contribution is -2.08. The minimum absolute atomic E-state index is 0.854. The molecule has 0 atom stereocenters. The van der Waals surface area contributed by atoms with E-state index in [1.54, 1.807) is 0 Å². The van der Waals surface area contributed by atoms with Gasteiger partial charge < -0.3 is 0 Å². The predicted molar refractivity (Wildman–Crippen MR) is 60.8 cm³/mol. The molecule has 0 aliphatic heterocycles. The Hall–Kier alpha value is 0.480. The van der Waals surface area contributed by atoms with Crippen LogP contribution in [0.1, 0.15) is 47.0 Å². The lowest BCUT2D eigenvalue weighted by atomic mass is 9.88. The fraction of sp³-hybridized carbons (Fsp3) is 1.00. The second-order valence-electron chi connectivity index (χ2n) is 4.60. The van der Waals surface area contributed by atoms with Crippen LogP contribution < -0.4 is 0 Å². The van der Waals surface area contributed by atoms with E-state index < -0.39 is 0 Å². The van der Waals surface area contributed by atoms with Crippen LogP contribution in [0.3, 0.4) is 0 Å². The van der Waals surface area contributed by atoms with E-state index >= 15 is 0 Å². The van der Waals surface area contributed by atoms with Crippen LogP contribution >= 0.6 is 15.9 Å². The summed E-state index contributed by atoms with van der Waals surface area (Å²) in [7, 11) is 0. The molecule has 0 heterocycles. The van der Waals surface area contributed by atoms with Crippen molar-refractivity contribution in [3.05, 3.63) is 0 Å². The molecular formula is C11H23Br. The lowest BCUT2D eigenvalue weighted by molar-refractivity contribution is 0.337. The van der Waals surface area contributed by atoms with Crippen LogP contribution in [0.15, 0.2) is 0 Å². The van der Waals surface area contributed by atoms with E-state index in [-0.39, 0.29) is 0 Å². The summed E-state index contributed by atoms with van der Waals surface area (Å²) in [4.78, 5) is 0. The highest BCUT2D eigenvalue weighted by molar-refractivity contribution is 9.09. The highest BCUT2D eigenvalue weighted by atomic mass is 79.9. The average molecular weight is 235 g/mol. The summed E-state index contributed by atoms with van der Waals surface area (Å²) in [6.07, 6.45) is 4.13. The van der Waals surface area contributed by atoms with Crippen molar-refractivity contribution in [2.45, 2.75) is 47.0 Å². The number of alkyl halides is 1. The first-order chi connectivity index (χ1) is 5.56. The van der Waals surface area contributed by atoms with Gasteiger partial charge in [-0.05, 0) is 37.0 Å². The van der Waals surface area contributed by atoms with Crippen LogP contribution in [0.2, 0.25) is 0 Å². The summed E-state index contributed by atoms with van der Waals surface area (Å²) in [5.74, 6) is 2.64. The Kier molecular flexibility index (Phi) is 7.22. The average Bonchev–Trinajstić information content (AvgIpc) is 1.84. The van der Waals surface area contributed by atoms with Crippen molar-refractivity contribution in [1.29, 1.82) is 0 Å². The van der Waals surface area contributed by atoms with Crippen molar-refractivity contribution in [2.24, 2.45) is 17.8 Å². The van der Waals surface area contributed by atoms with E-state index in [4.69, 9.17) is 0 Å². The van der Waals surface area contributed by atoms with Crippen molar-refractivity contribution in [3.8, 4) is 0 Å². The van der Waals surface area contributed by atoms with E-state index in [0.717, 1.165) is 23.1 Å². The van der Waals surface area contributed by atoms with Crippen LogP contribution in [0.25, 0.3) is 0 Å². The van der Waals surface area contributed by atoms with Crippen LogP contribution in [0.4, 0.5) is 0 Å². The molecule has 0 rings (SSSR count). The minimum Gasteiger partial charge on any atom is -0.0928 e. The summed E-state index contributed by atoms with van der Waals surface area (Å²) in [6.45, 7) is 9.28. The predicted octanol–water partition coefficient (Wildman–Crippen LogP) is 4.48. The van der Waals surface area contributed by atoms with Crippen molar-refractivity contribution in [1.82, 2.24) is 0 Å². The summed E-state index contributed by atoms with van der Waals surface area (Å²) >= 11 is 3.53. The van der Waals surface area contributed by atoms with E-state index in [2.05, 4.69) is 43.6 Å². The third-order valence-corrected chi connectivity index (χ3v) is 2.58. The lowest BCUT2D eigenvalue weighted by Gasteiger charge is -2.19. The number of halogens is 1. The Morgan fingerprint density at radius 1 is 0.917 bits per heavy atom. The molecule has 0 bridgehead atoms. The van der Waals surface area contributed by atoms with E-state index in [0.29, 0.717) is 0 Å². The van der Waals surface area contributed by atoms with Crippen LogP contribution in [0.5, 0.6) is 0 Å². The largest absolute Gasteiger partial charge is 0.0928 e. The maximum Gasteiger partial charge on any atom is 0.00339 e. The molecule has 0 aliphatic carbocycles. The first-order valence-corrected chi connectivity index (χ1v) is 6.24. The normalized spacial score (nSPS) is 12.0. The smallest absolute Gasteiger partial charge is 0.00339 e. The molecular weight excluding hydrogens is 212 g/mol. The summed E-state index contributed by atoms with van der Waals surface area (Å²) in [6, 6.07) is 0. The van der Waals surface area contributed by atoms with Gasteiger partial charge in [-0.25, -0.2) is 0 Å². The Bertz CT molecular complexity index is 87.2. The molecule has 0 saturated carbocycles. The van der Waals surface area contributed by atoms with Gasteiger partial charge in [0.2, 0.25) is 0 Å². The Morgan fingerprint density at radius 3 is 1.58 bits per heavy atom. The molecule has 0 N–H and O–H groups in total. The zero-order valence-electron chi connectivity index (χ0n) is 8.94. The molecule has 0 aromatic rings. The van der Waals surface area contributed by atoms with E-state index in [1.165, 1.54) is 19.3 Å². The molecule has 0 nitrogen and oxygen atoms in total. The molecule has 0 aromatic carbocycles. The van der Waals surface area contributed by atoms with Gasteiger partial charge in [0.05, 0.1) is 0 Å². The van der Waals surface area contributed by atoms with Gasteiger partial charge in [-0.2, -0.15) is 0 Å². The SMILES string of the molecule is CC(C)CC(CCBr)CC(C)C. The zero-order chi connectivity index (χ0) is 9.56. The van der Waals surface area contributed by atoms with Gasteiger partial charge in [0, 0.05) is 5.33 Å². The molecule has 1 heteroatoms. The molecule has 0 aliphatic rings. The summed E-state index contributed by atoms with van der Waals surface area (Å²) < 4.78 is 0. The van der Waals surface area contributed by atoms with Gasteiger partial charge in [-0.15, -0.1) is 0 Å². The van der Waals surface area contributed by atoms with Crippen LogP contribution in [0, 0.1) is 17.8 Å². The van der Waals surface area contributed by atoms with Gasteiger partial charge in [-0.1, -0.05) is 43.6 Å². The second kappa shape index (κ2) is 6.94. The van der Waals surface area contributed by atoms with Crippen LogP contribution in [-0.2, 0) is 0 Å². The van der Waals surface area contributed by atoms with Crippen molar-refractivity contribution in [2.75, 3.05) is 5.33 Å². The minimum atomic E-state index is 0.854. The van der Waals surface area contributed by atoms with Crippen molar-refractivity contribution < 1.29 is 0 Å². The molecule has 12 heavy (non-hydrogen) atoms. The van der Waals surface area contributed by atoms with E-state index in [9.17, 15) is 0 Å². The quantitative estimate of drug-likeness (QED) is 0.595. The molecule has 0 radical (unpaired) electrons. The van der Waals surface area contributed by atoms with E-state index in [1.807, 2.05) is 0 Å². The first-order valence-electron chi connectivity index (χ1n) is 5.12. The van der Waals surface area contributed by atoms with Gasteiger partial charge in [-0.3, -0.25) is 0 Å². The highest BCUT2D eigenvalue weighted by Gasteiger charge is 2.11. The summed E-state index contributed by atoms with van der Waals surface area (Å²) in [5, 5.41) is 1.16. The van der Waals surface area contributed by atoms with Crippen molar-refractivity contribution in [3.63, 3.8) is 0 Å². The topological polar surface area (TPSA) is 0 Å². The molecule has 0 fully saturated rings. The van der Waals surface area contributed by atoms with Crippen LogP contribution in [-0.4, -0.2) is 5.33 Å².